The SMILES string of the molecule is Cc1cc(C)c(Nc2nncc(Nc3ccccc3C(F)(F)F)n2)c(C)c1. The van der Waals surface area contributed by atoms with Gasteiger partial charge in [0, 0.05) is 5.69 Å². The molecule has 0 amide bonds. The maximum absolute atomic E-state index is 13.1. The molecule has 0 radical (unpaired) electrons. The van der Waals surface area contributed by atoms with Crippen LogP contribution < -0.4 is 10.6 Å². The van der Waals surface area contributed by atoms with Crippen LogP contribution in [0, 0.1) is 20.8 Å². The summed E-state index contributed by atoms with van der Waals surface area (Å²) >= 11 is 0. The summed E-state index contributed by atoms with van der Waals surface area (Å²) in [5, 5.41) is 13.5. The van der Waals surface area contributed by atoms with Crippen LogP contribution in [-0.4, -0.2) is 15.2 Å². The molecular weight excluding hydrogens is 355 g/mol. The fourth-order valence-corrected chi connectivity index (χ4v) is 2.88. The topological polar surface area (TPSA) is 62.7 Å². The fraction of sp³-hybridized carbons (Fsp3) is 0.211. The van der Waals surface area contributed by atoms with Crippen LogP contribution in [0.5, 0.6) is 0 Å². The highest BCUT2D eigenvalue weighted by Crippen LogP contribution is 2.35. The van der Waals surface area contributed by atoms with Gasteiger partial charge in [0.2, 0.25) is 5.95 Å². The van der Waals surface area contributed by atoms with Crippen LogP contribution in [0.4, 0.5) is 36.3 Å². The summed E-state index contributed by atoms with van der Waals surface area (Å²) in [6.45, 7) is 5.92. The standard InChI is InChI=1S/C19H18F3N5/c1-11-8-12(2)17(13(3)9-11)26-18-25-16(10-23-27-18)24-15-7-5-4-6-14(15)19(20,21)22/h4-10H,1-3H3,(H2,24,25,26,27). The summed E-state index contributed by atoms with van der Waals surface area (Å²) in [6, 6.07) is 9.24. The van der Waals surface area contributed by atoms with Gasteiger partial charge in [-0.2, -0.15) is 23.3 Å². The third kappa shape index (κ3) is 4.33. The van der Waals surface area contributed by atoms with Crippen molar-refractivity contribution in [2.45, 2.75) is 26.9 Å². The number of hydrogen-bond acceptors (Lipinski definition) is 5. The van der Waals surface area contributed by atoms with Gasteiger partial charge in [0.05, 0.1) is 17.4 Å². The van der Waals surface area contributed by atoms with Crippen molar-refractivity contribution in [1.29, 1.82) is 0 Å². The molecule has 3 rings (SSSR count). The first-order valence-electron chi connectivity index (χ1n) is 8.22. The molecule has 1 heterocycles. The molecule has 0 unspecified atom stereocenters. The Balaban J connectivity index is 1.88. The Bertz CT molecular complexity index is 947. The van der Waals surface area contributed by atoms with E-state index in [1.807, 2.05) is 32.9 Å². The Hall–Kier alpha value is -3.16. The van der Waals surface area contributed by atoms with Crippen molar-refractivity contribution in [3.8, 4) is 0 Å². The number of alkyl halides is 3. The highest BCUT2D eigenvalue weighted by molar-refractivity contribution is 5.65. The fourth-order valence-electron chi connectivity index (χ4n) is 2.88. The van der Waals surface area contributed by atoms with Crippen LogP contribution in [0.1, 0.15) is 22.3 Å². The molecule has 5 nitrogen and oxygen atoms in total. The van der Waals surface area contributed by atoms with Crippen LogP contribution in [0.2, 0.25) is 0 Å². The van der Waals surface area contributed by atoms with E-state index in [-0.39, 0.29) is 17.5 Å². The Labute approximate surface area is 154 Å². The lowest BCUT2D eigenvalue weighted by atomic mass is 10.1. The smallest absolute Gasteiger partial charge is 0.338 e. The Morgan fingerprint density at radius 2 is 1.59 bits per heavy atom. The Morgan fingerprint density at radius 3 is 2.26 bits per heavy atom. The second kappa shape index (κ2) is 7.22. The lowest BCUT2D eigenvalue weighted by molar-refractivity contribution is -0.136. The molecule has 140 valence electrons. The van der Waals surface area contributed by atoms with Crippen molar-refractivity contribution in [2.75, 3.05) is 10.6 Å². The first kappa shape index (κ1) is 18.6. The average Bonchev–Trinajstić information content (AvgIpc) is 2.58. The van der Waals surface area contributed by atoms with Gasteiger partial charge in [-0.05, 0) is 44.0 Å². The Morgan fingerprint density at radius 1 is 0.926 bits per heavy atom. The van der Waals surface area contributed by atoms with E-state index < -0.39 is 11.7 Å². The molecule has 8 heteroatoms. The van der Waals surface area contributed by atoms with Gasteiger partial charge in [0.1, 0.15) is 0 Å². The molecule has 0 aliphatic carbocycles. The largest absolute Gasteiger partial charge is 0.418 e. The molecule has 0 spiro atoms. The van der Waals surface area contributed by atoms with Gasteiger partial charge in [-0.15, -0.1) is 5.10 Å². The highest BCUT2D eigenvalue weighted by Gasteiger charge is 2.33. The van der Waals surface area contributed by atoms with E-state index in [1.165, 1.54) is 24.4 Å². The summed E-state index contributed by atoms with van der Waals surface area (Å²) in [5.41, 5.74) is 3.13. The number of nitrogens with zero attached hydrogens (tertiary/aromatic N) is 3. The van der Waals surface area contributed by atoms with Gasteiger partial charge in [-0.3, -0.25) is 0 Å². The number of aromatic nitrogens is 3. The predicted molar refractivity (Wildman–Crippen MR) is 98.5 cm³/mol. The molecule has 0 atom stereocenters. The molecule has 0 fully saturated rings. The van der Waals surface area contributed by atoms with Crippen molar-refractivity contribution < 1.29 is 13.2 Å². The van der Waals surface area contributed by atoms with E-state index in [1.54, 1.807) is 0 Å². The van der Waals surface area contributed by atoms with Crippen molar-refractivity contribution in [3.05, 3.63) is 64.8 Å². The molecule has 2 N–H and O–H groups in total. The van der Waals surface area contributed by atoms with Gasteiger partial charge in [-0.1, -0.05) is 29.8 Å². The summed E-state index contributed by atoms with van der Waals surface area (Å²) in [4.78, 5) is 4.23. The number of nitrogens with one attached hydrogen (secondary N) is 2. The van der Waals surface area contributed by atoms with Gasteiger partial charge in [-0.25, -0.2) is 0 Å². The minimum atomic E-state index is -4.47. The maximum Gasteiger partial charge on any atom is 0.418 e. The summed E-state index contributed by atoms with van der Waals surface area (Å²) in [7, 11) is 0. The van der Waals surface area contributed by atoms with Gasteiger partial charge < -0.3 is 10.6 Å². The second-order valence-corrected chi connectivity index (χ2v) is 6.23. The molecule has 0 saturated carbocycles. The highest BCUT2D eigenvalue weighted by atomic mass is 19.4. The zero-order valence-corrected chi connectivity index (χ0v) is 15.0. The molecular formula is C19H18F3N5. The molecule has 27 heavy (non-hydrogen) atoms. The zero-order valence-electron chi connectivity index (χ0n) is 15.0. The molecule has 0 saturated heterocycles. The van der Waals surface area contributed by atoms with E-state index in [4.69, 9.17) is 0 Å². The summed E-state index contributed by atoms with van der Waals surface area (Å²) < 4.78 is 39.4. The van der Waals surface area contributed by atoms with Crippen LogP contribution in [0.15, 0.2) is 42.6 Å². The maximum atomic E-state index is 13.1. The van der Waals surface area contributed by atoms with Crippen LogP contribution in [0.25, 0.3) is 0 Å². The number of aryl methyl sites for hydroxylation is 3. The Kier molecular flexibility index (Phi) is 4.98. The first-order valence-corrected chi connectivity index (χ1v) is 8.22. The number of hydrogen-bond donors (Lipinski definition) is 2. The van der Waals surface area contributed by atoms with E-state index in [0.717, 1.165) is 28.4 Å². The third-order valence-electron chi connectivity index (χ3n) is 3.97. The van der Waals surface area contributed by atoms with E-state index in [0.29, 0.717) is 0 Å². The number of anilines is 4. The van der Waals surface area contributed by atoms with Crippen LogP contribution in [-0.2, 0) is 6.18 Å². The zero-order chi connectivity index (χ0) is 19.6. The molecule has 2 aromatic carbocycles. The molecule has 0 aliphatic heterocycles. The average molecular weight is 373 g/mol. The van der Waals surface area contributed by atoms with Crippen LogP contribution in [0.3, 0.4) is 0 Å². The van der Waals surface area contributed by atoms with E-state index in [2.05, 4.69) is 25.8 Å². The first-order chi connectivity index (χ1) is 12.7. The summed E-state index contributed by atoms with van der Waals surface area (Å²) in [5.74, 6) is 0.353. The van der Waals surface area contributed by atoms with E-state index in [9.17, 15) is 13.2 Å². The molecule has 0 bridgehead atoms. The molecule has 0 aliphatic rings. The number of rotatable bonds is 4. The minimum Gasteiger partial charge on any atom is -0.338 e. The second-order valence-electron chi connectivity index (χ2n) is 6.23. The van der Waals surface area contributed by atoms with Gasteiger partial charge >= 0.3 is 6.18 Å². The third-order valence-corrected chi connectivity index (χ3v) is 3.97. The van der Waals surface area contributed by atoms with Gasteiger partial charge in [0.15, 0.2) is 5.82 Å². The van der Waals surface area contributed by atoms with Crippen molar-refractivity contribution in [2.24, 2.45) is 0 Å². The number of benzene rings is 2. The minimum absolute atomic E-state index is 0.0980. The number of para-hydroxylation sites is 1. The van der Waals surface area contributed by atoms with Gasteiger partial charge in [0.25, 0.3) is 0 Å². The van der Waals surface area contributed by atoms with E-state index >= 15 is 0 Å². The van der Waals surface area contributed by atoms with Crippen molar-refractivity contribution in [1.82, 2.24) is 15.2 Å². The van der Waals surface area contributed by atoms with Crippen LogP contribution >= 0.6 is 0 Å². The van der Waals surface area contributed by atoms with Crippen molar-refractivity contribution >= 4 is 23.1 Å². The number of halogens is 3. The molecule has 3 aromatic rings. The van der Waals surface area contributed by atoms with Crippen molar-refractivity contribution in [3.63, 3.8) is 0 Å². The quantitative estimate of drug-likeness (QED) is 0.649. The monoisotopic (exact) mass is 373 g/mol. The lowest BCUT2D eigenvalue weighted by Crippen LogP contribution is -2.10. The predicted octanol–water partition coefficient (Wildman–Crippen LogP) is 5.30. The summed E-state index contributed by atoms with van der Waals surface area (Å²) in [6.07, 6.45) is -3.20. The molecule has 1 aromatic heterocycles. The lowest BCUT2D eigenvalue weighted by Gasteiger charge is -2.15. The normalized spacial score (nSPS) is 11.3.